The van der Waals surface area contributed by atoms with Gasteiger partial charge in [0.15, 0.2) is 5.78 Å². The van der Waals surface area contributed by atoms with Gasteiger partial charge in [0.05, 0.1) is 16.6 Å². The molecule has 0 amide bonds. The summed E-state index contributed by atoms with van der Waals surface area (Å²) in [7, 11) is -1.30. The molecule has 23 heavy (non-hydrogen) atoms. The first-order valence-electron chi connectivity index (χ1n) is 6.80. The second-order valence-electron chi connectivity index (χ2n) is 4.73. The molecule has 0 aliphatic heterocycles. The second kappa shape index (κ2) is 9.48. The number of hydrogen-bond donors (Lipinski definition) is 0. The van der Waals surface area contributed by atoms with Crippen molar-refractivity contribution in [2.24, 2.45) is 0 Å². The molecule has 1 atom stereocenters. The van der Waals surface area contributed by atoms with E-state index in [2.05, 4.69) is 45.2 Å². The third kappa shape index (κ3) is 7.09. The van der Waals surface area contributed by atoms with Crippen LogP contribution in [0.4, 0.5) is 0 Å². The Morgan fingerprint density at radius 3 is 1.87 bits per heavy atom. The summed E-state index contributed by atoms with van der Waals surface area (Å²) in [4.78, 5) is 11.8. The van der Waals surface area contributed by atoms with Crippen molar-refractivity contribution in [3.05, 3.63) is 78.3 Å². The summed E-state index contributed by atoms with van der Waals surface area (Å²) in [6.45, 7) is 0. The highest BCUT2D eigenvalue weighted by Gasteiger charge is 2.02. The zero-order chi connectivity index (χ0) is 16.7. The van der Waals surface area contributed by atoms with Crippen molar-refractivity contribution in [1.29, 1.82) is 0 Å². The van der Waals surface area contributed by atoms with Crippen LogP contribution in [0.25, 0.3) is 12.2 Å². The van der Waals surface area contributed by atoms with Crippen LogP contribution in [0.3, 0.4) is 0 Å². The summed E-state index contributed by atoms with van der Waals surface area (Å²) in [6.07, 6.45) is 5.01. The Morgan fingerprint density at radius 2 is 1.35 bits per heavy atom. The molecule has 2 aromatic carbocycles. The van der Waals surface area contributed by atoms with Gasteiger partial charge in [0.2, 0.25) is 0 Å². The average Bonchev–Trinajstić information content (AvgIpc) is 2.54. The van der Waals surface area contributed by atoms with Gasteiger partial charge in [-0.25, -0.2) is 0 Å². The molecular weight excluding hydrogens is 534 g/mol. The molecule has 0 bridgehead atoms. The highest BCUT2D eigenvalue weighted by atomic mass is 127. The number of hydrogen-bond acceptors (Lipinski definition) is 2. The maximum atomic E-state index is 11.9. The largest absolute Gasteiger partial charge is 0.294 e. The van der Waals surface area contributed by atoms with Crippen LogP contribution in [0.1, 0.15) is 11.1 Å². The minimum absolute atomic E-state index is 0.00172. The van der Waals surface area contributed by atoms with Crippen molar-refractivity contribution in [3.8, 4) is 0 Å². The zero-order valence-corrected chi connectivity index (χ0v) is 17.2. The molecule has 0 heterocycles. The lowest BCUT2D eigenvalue weighted by molar-refractivity contribution is -0.112. The highest BCUT2D eigenvalue weighted by Crippen LogP contribution is 2.09. The van der Waals surface area contributed by atoms with Crippen LogP contribution in [-0.4, -0.2) is 15.7 Å². The number of carbonyl (C=O) groups excluding carboxylic acids is 1. The normalized spacial score (nSPS) is 12.8. The predicted molar refractivity (Wildman–Crippen MR) is 114 cm³/mol. The van der Waals surface area contributed by atoms with Gasteiger partial charge in [-0.1, -0.05) is 30.3 Å². The topological polar surface area (TPSA) is 34.1 Å². The quantitative estimate of drug-likeness (QED) is 0.381. The third-order valence-corrected chi connectivity index (χ3v) is 5.35. The molecule has 0 aliphatic carbocycles. The van der Waals surface area contributed by atoms with Crippen molar-refractivity contribution in [3.63, 3.8) is 0 Å². The second-order valence-corrected chi connectivity index (χ2v) is 8.54. The predicted octanol–water partition coefficient (Wildman–Crippen LogP) is 4.90. The first kappa shape index (κ1) is 18.5. The molecule has 1 unspecified atom stereocenters. The maximum absolute atomic E-state index is 11.9. The fraction of sp³-hybridized carbons (Fsp3) is 0.0556. The molecule has 2 nitrogen and oxygen atoms in total. The molecule has 0 aromatic heterocycles. The van der Waals surface area contributed by atoms with Crippen molar-refractivity contribution in [2.45, 2.75) is 0 Å². The highest BCUT2D eigenvalue weighted by molar-refractivity contribution is 14.1. The van der Waals surface area contributed by atoms with E-state index < -0.39 is 10.8 Å². The van der Waals surface area contributed by atoms with E-state index in [9.17, 15) is 9.00 Å². The van der Waals surface area contributed by atoms with E-state index in [4.69, 9.17) is 0 Å². The van der Waals surface area contributed by atoms with Gasteiger partial charge in [0.25, 0.3) is 0 Å². The van der Waals surface area contributed by atoms with Gasteiger partial charge in [0, 0.05) is 12.5 Å². The Morgan fingerprint density at radius 1 is 0.870 bits per heavy atom. The fourth-order valence-corrected chi connectivity index (χ4v) is 3.23. The van der Waals surface area contributed by atoms with E-state index in [-0.39, 0.29) is 11.5 Å². The monoisotopic (exact) mass is 548 g/mol. The minimum atomic E-state index is -1.30. The van der Waals surface area contributed by atoms with Gasteiger partial charge in [-0.3, -0.25) is 9.00 Å². The molecule has 2 rings (SSSR count). The van der Waals surface area contributed by atoms with Crippen molar-refractivity contribution >= 4 is 73.9 Å². The Labute approximate surface area is 165 Å². The molecule has 2 aromatic rings. The summed E-state index contributed by atoms with van der Waals surface area (Å²) in [5.74, 6) is -0.143. The first-order chi connectivity index (χ1) is 11.0. The summed E-state index contributed by atoms with van der Waals surface area (Å²) in [5.41, 5.74) is 1.93. The molecular formula is C18H14I2O2S. The summed E-state index contributed by atoms with van der Waals surface area (Å²) in [5, 5.41) is 1.57. The molecule has 118 valence electrons. The Balaban J connectivity index is 1.88. The number of benzene rings is 2. The lowest BCUT2D eigenvalue weighted by atomic mass is 10.2. The van der Waals surface area contributed by atoms with Crippen LogP contribution < -0.4 is 0 Å². The Bertz CT molecular complexity index is 682. The SMILES string of the molecule is O=C(/C=C\c1ccc(I)cc1)CS(=O)/C=C/c1ccc(I)cc1. The number of allylic oxidation sites excluding steroid dienone is 1. The van der Waals surface area contributed by atoms with Crippen LogP contribution in [-0.2, 0) is 15.6 Å². The smallest absolute Gasteiger partial charge is 0.168 e. The van der Waals surface area contributed by atoms with E-state index in [1.807, 2.05) is 48.5 Å². The van der Waals surface area contributed by atoms with Crippen molar-refractivity contribution < 1.29 is 9.00 Å². The fourth-order valence-electron chi connectivity index (χ4n) is 1.73. The first-order valence-corrected chi connectivity index (χ1v) is 10.3. The summed E-state index contributed by atoms with van der Waals surface area (Å²) in [6, 6.07) is 15.7. The maximum Gasteiger partial charge on any atom is 0.168 e. The average molecular weight is 548 g/mol. The van der Waals surface area contributed by atoms with Crippen LogP contribution in [0.15, 0.2) is 60.0 Å². The number of halogens is 2. The summed E-state index contributed by atoms with van der Waals surface area (Å²) < 4.78 is 14.2. The van der Waals surface area contributed by atoms with Gasteiger partial charge < -0.3 is 0 Å². The summed E-state index contributed by atoms with van der Waals surface area (Å²) >= 11 is 4.46. The van der Waals surface area contributed by atoms with E-state index in [1.165, 1.54) is 6.08 Å². The third-order valence-electron chi connectivity index (χ3n) is 2.90. The Hall–Kier alpha value is -0.800. The van der Waals surface area contributed by atoms with Gasteiger partial charge in [-0.2, -0.15) is 0 Å². The lowest BCUT2D eigenvalue weighted by Gasteiger charge is -1.96. The lowest BCUT2D eigenvalue weighted by Crippen LogP contribution is -2.05. The van der Waals surface area contributed by atoms with E-state index in [1.54, 1.807) is 17.6 Å². The van der Waals surface area contributed by atoms with E-state index in [0.717, 1.165) is 18.3 Å². The van der Waals surface area contributed by atoms with Crippen LogP contribution in [0, 0.1) is 7.14 Å². The van der Waals surface area contributed by atoms with Crippen LogP contribution in [0.5, 0.6) is 0 Å². The molecule has 0 radical (unpaired) electrons. The molecule has 0 N–H and O–H groups in total. The van der Waals surface area contributed by atoms with E-state index in [0.29, 0.717) is 0 Å². The van der Waals surface area contributed by atoms with Gasteiger partial charge in [-0.15, -0.1) is 0 Å². The molecule has 0 saturated heterocycles. The van der Waals surface area contributed by atoms with Crippen LogP contribution >= 0.6 is 45.2 Å². The minimum Gasteiger partial charge on any atom is -0.294 e. The standard InChI is InChI=1S/C18H14I2O2S/c19-16-6-1-14(2-7-16)5-10-18(21)13-23(22)12-11-15-3-8-17(20)9-4-15/h1-12H,13H2/b10-5-,12-11+. The molecule has 0 aliphatic rings. The van der Waals surface area contributed by atoms with Crippen molar-refractivity contribution in [1.82, 2.24) is 0 Å². The van der Waals surface area contributed by atoms with Gasteiger partial charge in [0.1, 0.15) is 0 Å². The van der Waals surface area contributed by atoms with Crippen LogP contribution in [0.2, 0.25) is 0 Å². The number of carbonyl (C=O) groups is 1. The molecule has 0 fully saturated rings. The number of ketones is 1. The molecule has 5 heteroatoms. The van der Waals surface area contributed by atoms with Crippen molar-refractivity contribution in [2.75, 3.05) is 5.75 Å². The molecule has 0 spiro atoms. The Kier molecular flexibility index (Phi) is 7.64. The zero-order valence-electron chi connectivity index (χ0n) is 12.1. The molecule has 0 saturated carbocycles. The van der Waals surface area contributed by atoms with E-state index >= 15 is 0 Å². The van der Waals surface area contributed by atoms with Gasteiger partial charge >= 0.3 is 0 Å². The van der Waals surface area contributed by atoms with Gasteiger partial charge in [-0.05, 0) is 92.7 Å². The number of rotatable bonds is 6.